The molecule has 7 heteroatoms. The van der Waals surface area contributed by atoms with Crippen LogP contribution in [0.15, 0.2) is 36.4 Å². The van der Waals surface area contributed by atoms with Crippen LogP contribution in [0.3, 0.4) is 0 Å². The molecule has 0 bridgehead atoms. The third kappa shape index (κ3) is 7.96. The average Bonchev–Trinajstić information content (AvgIpc) is 2.72. The lowest BCUT2D eigenvalue weighted by Crippen LogP contribution is -2.45. The van der Waals surface area contributed by atoms with Crippen LogP contribution in [0.2, 0.25) is 0 Å². The molecule has 2 aromatic carbocycles. The Labute approximate surface area is 204 Å². The van der Waals surface area contributed by atoms with Gasteiger partial charge in [-0.1, -0.05) is 29.8 Å². The molecule has 1 fully saturated rings. The van der Waals surface area contributed by atoms with E-state index in [4.69, 9.17) is 9.47 Å². The first-order valence-corrected chi connectivity index (χ1v) is 10.9. The fourth-order valence-electron chi connectivity index (χ4n) is 3.92. The number of hydrogen-bond donors (Lipinski definition) is 0. The van der Waals surface area contributed by atoms with Crippen molar-refractivity contribution in [3.8, 4) is 5.75 Å². The fraction of sp³-hybridized carbons (Fsp3) is 0.480. The topological polar surface area (TPSA) is 42.0 Å². The number of carbonyl (C=O) groups excluding carboxylic acids is 1. The van der Waals surface area contributed by atoms with Crippen molar-refractivity contribution in [2.75, 3.05) is 53.0 Å². The van der Waals surface area contributed by atoms with Gasteiger partial charge in [-0.05, 0) is 56.6 Å². The molecular weight excluding hydrogens is 447 g/mol. The molecule has 178 valence electrons. The standard InChI is InChI=1S/C25H34N2O3.2ClH/c1-5-29-25(28)22-8-6-21(7-9-22)18-23-17-19(2)16-20(3)24(23)30-15-14-27-12-10-26(4)11-13-27;;/h6-9,16-17H,5,10-15,18H2,1-4H3;2*1H. The lowest BCUT2D eigenvalue weighted by Gasteiger charge is -2.32. The number of ether oxygens (including phenoxy) is 2. The zero-order valence-electron chi connectivity index (χ0n) is 19.6. The van der Waals surface area contributed by atoms with Gasteiger partial charge in [-0.3, -0.25) is 4.90 Å². The van der Waals surface area contributed by atoms with Gasteiger partial charge in [0.05, 0.1) is 12.2 Å². The van der Waals surface area contributed by atoms with E-state index in [1.165, 1.54) is 16.7 Å². The Balaban J connectivity index is 0.00000256. The third-order valence-electron chi connectivity index (χ3n) is 5.61. The normalized spacial score (nSPS) is 14.2. The van der Waals surface area contributed by atoms with E-state index < -0.39 is 0 Å². The SMILES string of the molecule is CCOC(=O)c1ccc(Cc2cc(C)cc(C)c2OCCN2CCN(C)CC2)cc1.Cl.Cl. The molecule has 0 atom stereocenters. The smallest absolute Gasteiger partial charge is 0.338 e. The molecule has 32 heavy (non-hydrogen) atoms. The summed E-state index contributed by atoms with van der Waals surface area (Å²) in [6.07, 6.45) is 0.773. The van der Waals surface area contributed by atoms with Crippen molar-refractivity contribution in [1.29, 1.82) is 0 Å². The molecule has 5 nitrogen and oxygen atoms in total. The summed E-state index contributed by atoms with van der Waals surface area (Å²) >= 11 is 0. The maximum absolute atomic E-state index is 11.9. The number of benzene rings is 2. The highest BCUT2D eigenvalue weighted by Crippen LogP contribution is 2.28. The molecular formula is C25H36Cl2N2O3. The summed E-state index contributed by atoms with van der Waals surface area (Å²) in [4.78, 5) is 16.7. The van der Waals surface area contributed by atoms with Crippen LogP contribution in [0.5, 0.6) is 5.75 Å². The highest BCUT2D eigenvalue weighted by Gasteiger charge is 2.15. The largest absolute Gasteiger partial charge is 0.492 e. The summed E-state index contributed by atoms with van der Waals surface area (Å²) in [5, 5.41) is 0. The maximum atomic E-state index is 11.9. The second-order valence-corrected chi connectivity index (χ2v) is 8.16. The zero-order valence-corrected chi connectivity index (χ0v) is 21.2. The van der Waals surface area contributed by atoms with Crippen molar-refractivity contribution in [2.24, 2.45) is 0 Å². The van der Waals surface area contributed by atoms with Gasteiger partial charge in [0.2, 0.25) is 0 Å². The lowest BCUT2D eigenvalue weighted by molar-refractivity contribution is 0.0526. The van der Waals surface area contributed by atoms with E-state index >= 15 is 0 Å². The van der Waals surface area contributed by atoms with Crippen molar-refractivity contribution in [3.63, 3.8) is 0 Å². The van der Waals surface area contributed by atoms with E-state index in [-0.39, 0.29) is 30.8 Å². The van der Waals surface area contributed by atoms with Gasteiger partial charge >= 0.3 is 5.97 Å². The maximum Gasteiger partial charge on any atom is 0.338 e. The summed E-state index contributed by atoms with van der Waals surface area (Å²) in [7, 11) is 2.18. The van der Waals surface area contributed by atoms with Crippen molar-refractivity contribution >= 4 is 30.8 Å². The molecule has 1 heterocycles. The molecule has 0 spiro atoms. The molecule has 0 saturated carbocycles. The molecule has 1 aliphatic rings. The number of likely N-dealkylation sites (N-methyl/N-ethyl adjacent to an activating group) is 1. The minimum absolute atomic E-state index is 0. The number of rotatable bonds is 8. The van der Waals surface area contributed by atoms with Gasteiger partial charge < -0.3 is 14.4 Å². The van der Waals surface area contributed by atoms with Gasteiger partial charge in [0.1, 0.15) is 12.4 Å². The Morgan fingerprint density at radius 2 is 1.66 bits per heavy atom. The molecule has 1 aliphatic heterocycles. The minimum Gasteiger partial charge on any atom is -0.492 e. The van der Waals surface area contributed by atoms with E-state index in [9.17, 15) is 4.79 Å². The lowest BCUT2D eigenvalue weighted by atomic mass is 9.98. The number of nitrogens with zero attached hydrogens (tertiary/aromatic N) is 2. The highest BCUT2D eigenvalue weighted by molar-refractivity contribution is 5.89. The van der Waals surface area contributed by atoms with Crippen LogP contribution in [-0.2, 0) is 11.2 Å². The number of halogens is 2. The van der Waals surface area contributed by atoms with Crippen LogP contribution in [0.1, 0.15) is 39.5 Å². The Bertz CT molecular complexity index is 851. The molecule has 2 aromatic rings. The summed E-state index contributed by atoms with van der Waals surface area (Å²) in [5.41, 5.74) is 5.33. The fourth-order valence-corrected chi connectivity index (χ4v) is 3.92. The third-order valence-corrected chi connectivity index (χ3v) is 5.61. The number of carbonyl (C=O) groups is 1. The molecule has 1 saturated heterocycles. The van der Waals surface area contributed by atoms with Crippen LogP contribution in [0, 0.1) is 13.8 Å². The molecule has 0 amide bonds. The number of piperazine rings is 1. The van der Waals surface area contributed by atoms with Crippen molar-refractivity contribution in [3.05, 3.63) is 64.2 Å². The van der Waals surface area contributed by atoms with Gasteiger partial charge in [-0.15, -0.1) is 24.8 Å². The van der Waals surface area contributed by atoms with Crippen LogP contribution in [0.25, 0.3) is 0 Å². The summed E-state index contributed by atoms with van der Waals surface area (Å²) < 4.78 is 11.4. The number of aryl methyl sites for hydroxylation is 2. The van der Waals surface area contributed by atoms with Crippen molar-refractivity contribution in [1.82, 2.24) is 9.80 Å². The van der Waals surface area contributed by atoms with Crippen molar-refractivity contribution in [2.45, 2.75) is 27.2 Å². The van der Waals surface area contributed by atoms with Crippen molar-refractivity contribution < 1.29 is 14.3 Å². The summed E-state index contributed by atoms with van der Waals surface area (Å²) in [5.74, 6) is 0.715. The van der Waals surface area contributed by atoms with Gasteiger partial charge in [-0.25, -0.2) is 4.79 Å². The minimum atomic E-state index is -0.275. The van der Waals surface area contributed by atoms with Gasteiger partial charge in [0.25, 0.3) is 0 Å². The Hall–Kier alpha value is -1.79. The molecule has 0 unspecified atom stereocenters. The molecule has 0 radical (unpaired) electrons. The Morgan fingerprint density at radius 1 is 1.00 bits per heavy atom. The van der Waals surface area contributed by atoms with Gasteiger partial charge in [0.15, 0.2) is 0 Å². The van der Waals surface area contributed by atoms with Crippen LogP contribution < -0.4 is 4.74 Å². The first-order valence-electron chi connectivity index (χ1n) is 10.9. The zero-order chi connectivity index (χ0) is 21.5. The molecule has 0 aromatic heterocycles. The monoisotopic (exact) mass is 482 g/mol. The summed E-state index contributed by atoms with van der Waals surface area (Å²) in [6.45, 7) is 12.5. The predicted molar refractivity (Wildman–Crippen MR) is 135 cm³/mol. The number of hydrogen-bond acceptors (Lipinski definition) is 5. The Kier molecular flexibility index (Phi) is 12.1. The van der Waals surface area contributed by atoms with E-state index in [0.717, 1.165) is 50.5 Å². The molecule has 0 aliphatic carbocycles. The van der Waals surface area contributed by atoms with E-state index in [1.54, 1.807) is 0 Å². The van der Waals surface area contributed by atoms with Gasteiger partial charge in [0, 0.05) is 39.1 Å². The van der Waals surface area contributed by atoms with Crippen LogP contribution in [-0.4, -0.2) is 68.8 Å². The van der Waals surface area contributed by atoms with Crippen LogP contribution in [0.4, 0.5) is 0 Å². The summed E-state index contributed by atoms with van der Waals surface area (Å²) in [6, 6.07) is 12.1. The second-order valence-electron chi connectivity index (χ2n) is 8.16. The van der Waals surface area contributed by atoms with E-state index in [1.807, 2.05) is 31.2 Å². The molecule has 0 N–H and O–H groups in total. The number of esters is 1. The predicted octanol–water partition coefficient (Wildman–Crippen LogP) is 4.54. The second kappa shape index (κ2) is 13.7. The highest BCUT2D eigenvalue weighted by atomic mass is 35.5. The Morgan fingerprint density at radius 3 is 2.28 bits per heavy atom. The van der Waals surface area contributed by atoms with Crippen LogP contribution >= 0.6 is 24.8 Å². The quantitative estimate of drug-likeness (QED) is 0.516. The average molecular weight is 483 g/mol. The first kappa shape index (κ1) is 28.2. The van der Waals surface area contributed by atoms with E-state index in [2.05, 4.69) is 42.8 Å². The van der Waals surface area contributed by atoms with Gasteiger partial charge in [-0.2, -0.15) is 0 Å². The molecule has 3 rings (SSSR count). The van der Waals surface area contributed by atoms with E-state index in [0.29, 0.717) is 18.8 Å². The first-order chi connectivity index (χ1) is 14.5.